The topological polar surface area (TPSA) is 69.6 Å². The Morgan fingerprint density at radius 3 is 1.03 bits per heavy atom. The van der Waals surface area contributed by atoms with Gasteiger partial charge >= 0.3 is 0 Å². The van der Waals surface area contributed by atoms with Crippen molar-refractivity contribution in [3.63, 3.8) is 0 Å². The zero-order valence-corrected chi connectivity index (χ0v) is 39.6. The summed E-state index contributed by atoms with van der Waals surface area (Å²) in [6.07, 6.45) is 65.7. The second-order valence-electron chi connectivity index (χ2n) is 18.3. The van der Waals surface area contributed by atoms with Crippen LogP contribution in [-0.2, 0) is 4.79 Å². The van der Waals surface area contributed by atoms with E-state index in [4.69, 9.17) is 0 Å². The predicted octanol–water partition coefficient (Wildman–Crippen LogP) is 17.1. The van der Waals surface area contributed by atoms with E-state index in [0.717, 1.165) is 32.1 Å². The van der Waals surface area contributed by atoms with E-state index >= 15 is 0 Å². The van der Waals surface area contributed by atoms with Crippen LogP contribution in [0.5, 0.6) is 0 Å². The fraction of sp³-hybridized carbons (Fsp3) is 0.907. The molecule has 344 valence electrons. The summed E-state index contributed by atoms with van der Waals surface area (Å²) in [5, 5.41) is 23.3. The summed E-state index contributed by atoms with van der Waals surface area (Å²) >= 11 is 0. The van der Waals surface area contributed by atoms with Crippen molar-refractivity contribution >= 4 is 5.91 Å². The van der Waals surface area contributed by atoms with Crippen molar-refractivity contribution in [2.24, 2.45) is 0 Å². The average molecular weight is 816 g/mol. The summed E-state index contributed by atoms with van der Waals surface area (Å²) < 4.78 is 0. The van der Waals surface area contributed by atoms with E-state index in [2.05, 4.69) is 43.5 Å². The summed E-state index contributed by atoms with van der Waals surface area (Å²) in [4.78, 5) is 12.5. The molecule has 0 aromatic rings. The van der Waals surface area contributed by atoms with Crippen molar-refractivity contribution < 1.29 is 15.0 Å². The van der Waals surface area contributed by atoms with Crippen molar-refractivity contribution in [1.29, 1.82) is 0 Å². The highest BCUT2D eigenvalue weighted by atomic mass is 16.3. The molecule has 0 bridgehead atoms. The second kappa shape index (κ2) is 50.2. The van der Waals surface area contributed by atoms with E-state index in [1.54, 1.807) is 0 Å². The summed E-state index contributed by atoms with van der Waals surface area (Å²) in [6, 6.07) is -0.534. The van der Waals surface area contributed by atoms with Crippen molar-refractivity contribution in [3.8, 4) is 0 Å². The van der Waals surface area contributed by atoms with Crippen LogP contribution in [-0.4, -0.2) is 34.9 Å². The van der Waals surface area contributed by atoms with E-state index in [9.17, 15) is 15.0 Å². The quantitative estimate of drug-likeness (QED) is 0.0423. The monoisotopic (exact) mass is 816 g/mol. The lowest BCUT2D eigenvalue weighted by Crippen LogP contribution is -2.45. The zero-order chi connectivity index (χ0) is 42.1. The van der Waals surface area contributed by atoms with E-state index in [-0.39, 0.29) is 12.5 Å². The van der Waals surface area contributed by atoms with Crippen molar-refractivity contribution in [3.05, 3.63) is 24.3 Å². The van der Waals surface area contributed by atoms with Crippen molar-refractivity contribution in [1.82, 2.24) is 5.32 Å². The van der Waals surface area contributed by atoms with Crippen molar-refractivity contribution in [2.75, 3.05) is 6.61 Å². The second-order valence-corrected chi connectivity index (χ2v) is 18.3. The van der Waals surface area contributed by atoms with Crippen LogP contribution in [0.15, 0.2) is 24.3 Å². The molecule has 0 rings (SSSR count). The van der Waals surface area contributed by atoms with E-state index in [1.807, 2.05) is 0 Å². The molecule has 0 fully saturated rings. The molecule has 0 saturated carbocycles. The molecule has 4 heteroatoms. The SMILES string of the molecule is CCCCCCC/C=C\C/C=C\CCCCCCCCCCCCCCCCCC(=O)NC(CO)C(O)CCCCCCCCCCCCCCCCCCCCC. The number of carbonyl (C=O) groups is 1. The summed E-state index contributed by atoms with van der Waals surface area (Å²) in [5.74, 6) is -0.0270. The molecular formula is C54H105NO3. The molecule has 0 aromatic carbocycles. The number of aliphatic hydroxyl groups is 2. The fourth-order valence-corrected chi connectivity index (χ4v) is 8.39. The number of aliphatic hydroxyl groups excluding tert-OH is 2. The number of nitrogens with one attached hydrogen (secondary N) is 1. The number of allylic oxidation sites excluding steroid dienone is 4. The molecule has 2 unspecified atom stereocenters. The summed E-state index contributed by atoms with van der Waals surface area (Å²) in [6.45, 7) is 4.38. The maximum absolute atomic E-state index is 12.5. The third kappa shape index (κ3) is 45.9. The number of unbranched alkanes of at least 4 members (excludes halogenated alkanes) is 38. The molecule has 4 nitrogen and oxygen atoms in total. The van der Waals surface area contributed by atoms with Gasteiger partial charge in [-0.15, -0.1) is 0 Å². The molecule has 0 heterocycles. The molecule has 0 aromatic heterocycles. The van der Waals surface area contributed by atoms with Crippen LogP contribution in [0.4, 0.5) is 0 Å². The molecule has 0 radical (unpaired) electrons. The number of hydrogen-bond acceptors (Lipinski definition) is 3. The summed E-state index contributed by atoms with van der Waals surface area (Å²) in [7, 11) is 0. The minimum Gasteiger partial charge on any atom is -0.394 e. The lowest BCUT2D eigenvalue weighted by atomic mass is 10.0. The van der Waals surface area contributed by atoms with Gasteiger partial charge in [-0.1, -0.05) is 269 Å². The predicted molar refractivity (Wildman–Crippen MR) is 258 cm³/mol. The van der Waals surface area contributed by atoms with Crippen LogP contribution in [0.1, 0.15) is 296 Å². The Hall–Kier alpha value is -1.13. The van der Waals surface area contributed by atoms with Gasteiger partial charge in [-0.3, -0.25) is 4.79 Å². The van der Waals surface area contributed by atoms with Gasteiger partial charge < -0.3 is 15.5 Å². The van der Waals surface area contributed by atoms with Gasteiger partial charge in [0.25, 0.3) is 0 Å². The third-order valence-electron chi connectivity index (χ3n) is 12.5. The first-order valence-electron chi connectivity index (χ1n) is 26.5. The fourth-order valence-electron chi connectivity index (χ4n) is 8.39. The molecule has 0 saturated heterocycles. The first kappa shape index (κ1) is 56.9. The molecule has 58 heavy (non-hydrogen) atoms. The lowest BCUT2D eigenvalue weighted by molar-refractivity contribution is -0.123. The Bertz CT molecular complexity index is 840. The van der Waals surface area contributed by atoms with Gasteiger partial charge in [-0.2, -0.15) is 0 Å². The number of amides is 1. The van der Waals surface area contributed by atoms with Crippen LogP contribution in [0.25, 0.3) is 0 Å². The Morgan fingerprint density at radius 1 is 0.414 bits per heavy atom. The van der Waals surface area contributed by atoms with Gasteiger partial charge in [0, 0.05) is 6.42 Å². The van der Waals surface area contributed by atoms with Gasteiger partial charge in [-0.05, 0) is 44.9 Å². The minimum atomic E-state index is -0.658. The number of carbonyl (C=O) groups excluding carboxylic acids is 1. The normalized spacial score (nSPS) is 13.0. The molecule has 0 aliphatic heterocycles. The zero-order valence-electron chi connectivity index (χ0n) is 39.6. The Balaban J connectivity index is 3.44. The number of hydrogen-bond donors (Lipinski definition) is 3. The molecular weight excluding hydrogens is 711 g/mol. The molecule has 0 aliphatic rings. The molecule has 0 spiro atoms. The molecule has 1 amide bonds. The van der Waals surface area contributed by atoms with Crippen LogP contribution >= 0.6 is 0 Å². The maximum atomic E-state index is 12.5. The Morgan fingerprint density at radius 2 is 0.707 bits per heavy atom. The first-order chi connectivity index (χ1) is 28.7. The highest BCUT2D eigenvalue weighted by Gasteiger charge is 2.20. The molecule has 3 N–H and O–H groups in total. The Labute approximate surface area is 364 Å². The van der Waals surface area contributed by atoms with E-state index < -0.39 is 12.1 Å². The maximum Gasteiger partial charge on any atom is 0.220 e. The standard InChI is InChI=1S/C54H105NO3/c1-3-5-7-9-11-13-15-17-19-21-23-24-25-26-27-28-29-30-32-34-36-38-40-42-44-46-48-50-54(58)55-52(51-56)53(57)49-47-45-43-41-39-37-35-33-31-22-20-18-16-14-12-10-8-6-4-2/h15,17,21,23,52-53,56-57H,3-14,16,18-20,22,24-51H2,1-2H3,(H,55,58)/b17-15-,23-21-. The highest BCUT2D eigenvalue weighted by molar-refractivity contribution is 5.76. The van der Waals surface area contributed by atoms with E-state index in [1.165, 1.54) is 238 Å². The largest absolute Gasteiger partial charge is 0.394 e. The van der Waals surface area contributed by atoms with Gasteiger partial charge in [0.15, 0.2) is 0 Å². The van der Waals surface area contributed by atoms with E-state index in [0.29, 0.717) is 12.8 Å². The third-order valence-corrected chi connectivity index (χ3v) is 12.5. The van der Waals surface area contributed by atoms with Gasteiger partial charge in [0.2, 0.25) is 5.91 Å². The number of rotatable bonds is 49. The first-order valence-corrected chi connectivity index (χ1v) is 26.5. The van der Waals surface area contributed by atoms with Crippen LogP contribution in [0.3, 0.4) is 0 Å². The van der Waals surface area contributed by atoms with Crippen LogP contribution in [0.2, 0.25) is 0 Å². The summed E-state index contributed by atoms with van der Waals surface area (Å²) in [5.41, 5.74) is 0. The van der Waals surface area contributed by atoms with Gasteiger partial charge in [-0.25, -0.2) is 0 Å². The van der Waals surface area contributed by atoms with Crippen LogP contribution in [0, 0.1) is 0 Å². The molecule has 2 atom stereocenters. The minimum absolute atomic E-state index is 0.0270. The van der Waals surface area contributed by atoms with Gasteiger partial charge in [0.05, 0.1) is 18.8 Å². The van der Waals surface area contributed by atoms with Crippen LogP contribution < -0.4 is 5.32 Å². The molecule has 0 aliphatic carbocycles. The smallest absolute Gasteiger partial charge is 0.220 e. The van der Waals surface area contributed by atoms with Gasteiger partial charge in [0.1, 0.15) is 0 Å². The van der Waals surface area contributed by atoms with Crippen molar-refractivity contribution in [2.45, 2.75) is 309 Å². The average Bonchev–Trinajstić information content (AvgIpc) is 3.23. The lowest BCUT2D eigenvalue weighted by Gasteiger charge is -2.22. The highest BCUT2D eigenvalue weighted by Crippen LogP contribution is 2.17. The Kier molecular flexibility index (Phi) is 49.2.